The monoisotopic (exact) mass is 257 g/mol. The molecule has 0 atom stereocenters. The van der Waals surface area contributed by atoms with Crippen LogP contribution in [0.25, 0.3) is 10.9 Å². The van der Waals surface area contributed by atoms with Gasteiger partial charge in [-0.25, -0.2) is 0 Å². The van der Waals surface area contributed by atoms with Gasteiger partial charge in [0.25, 0.3) is 5.91 Å². The molecule has 0 radical (unpaired) electrons. The Balaban J connectivity index is 1.57. The van der Waals surface area contributed by atoms with Crippen LogP contribution >= 0.6 is 0 Å². The van der Waals surface area contributed by atoms with E-state index < -0.39 is 0 Å². The summed E-state index contributed by atoms with van der Waals surface area (Å²) < 4.78 is 0. The molecule has 2 aromatic rings. The molecule has 0 saturated heterocycles. The zero-order valence-electron chi connectivity index (χ0n) is 11.1. The van der Waals surface area contributed by atoms with Crippen molar-refractivity contribution in [3.63, 3.8) is 0 Å². The number of fused-ring (bicyclic) bond motifs is 1. The molecule has 0 aliphatic heterocycles. The number of benzene rings is 1. The van der Waals surface area contributed by atoms with Crippen molar-refractivity contribution in [2.45, 2.75) is 18.9 Å². The molecule has 1 saturated carbocycles. The topological polar surface area (TPSA) is 48.1 Å². The summed E-state index contributed by atoms with van der Waals surface area (Å²) in [6, 6.07) is 10.6. The second-order valence-corrected chi connectivity index (χ2v) is 5.24. The normalized spacial score (nSPS) is 15.1. The fraction of sp³-hybridized carbons (Fsp3) is 0.400. The summed E-state index contributed by atoms with van der Waals surface area (Å²) in [6.45, 7) is 1.61. The van der Waals surface area contributed by atoms with Crippen LogP contribution in [0.4, 0.5) is 0 Å². The molecular formula is C15H19N3O. The van der Waals surface area contributed by atoms with Gasteiger partial charge in [0, 0.05) is 30.0 Å². The summed E-state index contributed by atoms with van der Waals surface area (Å²) in [7, 11) is 2.12. The van der Waals surface area contributed by atoms with E-state index in [-0.39, 0.29) is 5.91 Å². The molecule has 1 aliphatic carbocycles. The molecule has 1 aliphatic rings. The SMILES string of the molecule is CN(CCNC(=O)c1cc2ccccc2[nH]1)C1CC1. The highest BCUT2D eigenvalue weighted by molar-refractivity contribution is 5.97. The molecule has 1 aromatic carbocycles. The van der Waals surface area contributed by atoms with Gasteiger partial charge in [-0.2, -0.15) is 0 Å². The summed E-state index contributed by atoms with van der Waals surface area (Å²) in [5, 5.41) is 4.03. The first-order valence-corrected chi connectivity index (χ1v) is 6.80. The van der Waals surface area contributed by atoms with Crippen LogP contribution < -0.4 is 5.32 Å². The maximum atomic E-state index is 12.0. The van der Waals surface area contributed by atoms with E-state index in [0.29, 0.717) is 12.2 Å². The lowest BCUT2D eigenvalue weighted by Crippen LogP contribution is -2.34. The molecule has 0 spiro atoms. The standard InChI is InChI=1S/C15H19N3O/c1-18(12-6-7-12)9-8-16-15(19)14-10-11-4-2-3-5-13(11)17-14/h2-5,10,12,17H,6-9H2,1H3,(H,16,19). The number of nitrogens with zero attached hydrogens (tertiary/aromatic N) is 1. The molecule has 4 nitrogen and oxygen atoms in total. The number of nitrogens with one attached hydrogen (secondary N) is 2. The van der Waals surface area contributed by atoms with Crippen LogP contribution in [0.3, 0.4) is 0 Å². The Kier molecular flexibility index (Phi) is 3.25. The quantitative estimate of drug-likeness (QED) is 0.860. The highest BCUT2D eigenvalue weighted by Gasteiger charge is 2.25. The van der Waals surface area contributed by atoms with Gasteiger partial charge in [-0.3, -0.25) is 4.79 Å². The van der Waals surface area contributed by atoms with Crippen LogP contribution in [0.2, 0.25) is 0 Å². The highest BCUT2D eigenvalue weighted by Crippen LogP contribution is 2.24. The van der Waals surface area contributed by atoms with E-state index in [9.17, 15) is 4.79 Å². The van der Waals surface area contributed by atoms with Gasteiger partial charge in [-0.05, 0) is 32.0 Å². The summed E-state index contributed by atoms with van der Waals surface area (Å²) in [5.74, 6) is -0.0274. The van der Waals surface area contributed by atoms with E-state index in [1.54, 1.807) is 0 Å². The number of carbonyl (C=O) groups is 1. The zero-order valence-corrected chi connectivity index (χ0v) is 11.1. The highest BCUT2D eigenvalue weighted by atomic mass is 16.1. The van der Waals surface area contributed by atoms with Crippen molar-refractivity contribution < 1.29 is 4.79 Å². The van der Waals surface area contributed by atoms with Gasteiger partial charge >= 0.3 is 0 Å². The summed E-state index contributed by atoms with van der Waals surface area (Å²) in [4.78, 5) is 17.5. The number of aromatic nitrogens is 1. The number of rotatable bonds is 5. The molecule has 2 N–H and O–H groups in total. The molecule has 1 heterocycles. The van der Waals surface area contributed by atoms with Gasteiger partial charge < -0.3 is 15.2 Å². The van der Waals surface area contributed by atoms with Crippen LogP contribution in [0.15, 0.2) is 30.3 Å². The van der Waals surface area contributed by atoms with E-state index in [2.05, 4.69) is 22.2 Å². The minimum absolute atomic E-state index is 0.0274. The van der Waals surface area contributed by atoms with Gasteiger partial charge in [0.15, 0.2) is 0 Å². The number of hydrogen-bond donors (Lipinski definition) is 2. The van der Waals surface area contributed by atoms with Crippen molar-refractivity contribution in [1.82, 2.24) is 15.2 Å². The van der Waals surface area contributed by atoms with Crippen LogP contribution in [-0.4, -0.2) is 42.0 Å². The van der Waals surface area contributed by atoms with Gasteiger partial charge in [0.1, 0.15) is 5.69 Å². The minimum Gasteiger partial charge on any atom is -0.351 e. The third-order valence-corrected chi connectivity index (χ3v) is 3.69. The minimum atomic E-state index is -0.0274. The Labute approximate surface area is 112 Å². The predicted octanol–water partition coefficient (Wildman–Crippen LogP) is 1.99. The van der Waals surface area contributed by atoms with Crippen molar-refractivity contribution in [1.29, 1.82) is 0 Å². The number of aromatic amines is 1. The van der Waals surface area contributed by atoms with E-state index >= 15 is 0 Å². The fourth-order valence-electron chi connectivity index (χ4n) is 2.33. The molecule has 0 bridgehead atoms. The summed E-state index contributed by atoms with van der Waals surface area (Å²) in [5.41, 5.74) is 1.64. The molecule has 0 unspecified atom stereocenters. The van der Waals surface area contributed by atoms with Crippen molar-refractivity contribution in [3.8, 4) is 0 Å². The van der Waals surface area contributed by atoms with Gasteiger partial charge in [-0.15, -0.1) is 0 Å². The van der Waals surface area contributed by atoms with Gasteiger partial charge in [0.05, 0.1) is 0 Å². The van der Waals surface area contributed by atoms with Crippen LogP contribution in [0.5, 0.6) is 0 Å². The maximum absolute atomic E-state index is 12.0. The number of hydrogen-bond acceptors (Lipinski definition) is 2. The Morgan fingerprint density at radius 1 is 1.42 bits per heavy atom. The van der Waals surface area contributed by atoms with Crippen LogP contribution in [0.1, 0.15) is 23.3 Å². The van der Waals surface area contributed by atoms with Crippen molar-refractivity contribution in [2.75, 3.05) is 20.1 Å². The molecular weight excluding hydrogens is 238 g/mol. The predicted molar refractivity (Wildman–Crippen MR) is 76.3 cm³/mol. The lowest BCUT2D eigenvalue weighted by Gasteiger charge is -2.15. The fourth-order valence-corrected chi connectivity index (χ4v) is 2.33. The first-order valence-electron chi connectivity index (χ1n) is 6.80. The number of amides is 1. The first kappa shape index (κ1) is 12.2. The molecule has 1 aromatic heterocycles. The molecule has 1 amide bonds. The third-order valence-electron chi connectivity index (χ3n) is 3.69. The second-order valence-electron chi connectivity index (χ2n) is 5.24. The number of para-hydroxylation sites is 1. The largest absolute Gasteiger partial charge is 0.351 e. The van der Waals surface area contributed by atoms with E-state index in [1.165, 1.54) is 12.8 Å². The number of likely N-dealkylation sites (N-methyl/N-ethyl adjacent to an activating group) is 1. The van der Waals surface area contributed by atoms with Crippen LogP contribution in [-0.2, 0) is 0 Å². The van der Waals surface area contributed by atoms with E-state index in [0.717, 1.165) is 23.5 Å². The van der Waals surface area contributed by atoms with E-state index in [4.69, 9.17) is 0 Å². The summed E-state index contributed by atoms with van der Waals surface area (Å²) >= 11 is 0. The molecule has 4 heteroatoms. The lowest BCUT2D eigenvalue weighted by molar-refractivity contribution is 0.0945. The smallest absolute Gasteiger partial charge is 0.267 e. The molecule has 100 valence electrons. The molecule has 1 fully saturated rings. The summed E-state index contributed by atoms with van der Waals surface area (Å²) in [6.07, 6.45) is 2.60. The second kappa shape index (κ2) is 5.05. The average molecular weight is 257 g/mol. The molecule has 19 heavy (non-hydrogen) atoms. The Hall–Kier alpha value is -1.81. The van der Waals surface area contributed by atoms with Crippen molar-refractivity contribution in [2.24, 2.45) is 0 Å². The van der Waals surface area contributed by atoms with Crippen molar-refractivity contribution >= 4 is 16.8 Å². The first-order chi connectivity index (χ1) is 9.24. The van der Waals surface area contributed by atoms with Gasteiger partial charge in [-0.1, -0.05) is 18.2 Å². The average Bonchev–Trinajstić information content (AvgIpc) is 3.17. The Morgan fingerprint density at radius 2 is 2.21 bits per heavy atom. The van der Waals surface area contributed by atoms with Gasteiger partial charge in [0.2, 0.25) is 0 Å². The number of H-pyrrole nitrogens is 1. The van der Waals surface area contributed by atoms with Crippen LogP contribution in [0, 0.1) is 0 Å². The van der Waals surface area contributed by atoms with E-state index in [1.807, 2.05) is 30.3 Å². The maximum Gasteiger partial charge on any atom is 0.267 e. The molecule has 3 rings (SSSR count). The zero-order chi connectivity index (χ0) is 13.2. The number of carbonyl (C=O) groups excluding carboxylic acids is 1. The lowest BCUT2D eigenvalue weighted by atomic mass is 10.2. The Morgan fingerprint density at radius 3 is 2.95 bits per heavy atom. The Bertz CT molecular complexity index is 553. The third kappa shape index (κ3) is 2.79. The van der Waals surface area contributed by atoms with Crippen molar-refractivity contribution in [3.05, 3.63) is 36.0 Å².